The first-order chi connectivity index (χ1) is 25.5. The van der Waals surface area contributed by atoms with Crippen LogP contribution in [-0.4, -0.2) is 15.3 Å². The van der Waals surface area contributed by atoms with E-state index in [4.69, 9.17) is 0 Å². The van der Waals surface area contributed by atoms with Crippen molar-refractivity contribution in [2.24, 2.45) is 11.3 Å². The molecule has 3 heteroatoms. The molecule has 3 aromatic carbocycles. The molecule has 0 saturated carbocycles. The van der Waals surface area contributed by atoms with Gasteiger partial charge < -0.3 is 15.3 Å². The maximum atomic E-state index is 11.7. The van der Waals surface area contributed by atoms with Gasteiger partial charge in [-0.05, 0) is 133 Å². The lowest BCUT2D eigenvalue weighted by Gasteiger charge is -2.43. The van der Waals surface area contributed by atoms with Crippen LogP contribution >= 0.6 is 0 Å². The molecule has 314 valence electrons. The molecule has 0 radical (unpaired) electrons. The van der Waals surface area contributed by atoms with Crippen LogP contribution in [0.4, 0.5) is 0 Å². The fourth-order valence-corrected chi connectivity index (χ4v) is 9.25. The van der Waals surface area contributed by atoms with E-state index in [9.17, 15) is 15.3 Å². The standard InChI is InChI=1S/C54H80O3/c1-32-30-54(21,31-36-28-43(52(15,16)17)47(57)44(29-36)53(18,19)20)38(23-35-26-41(50(9,10)11)46(56)42(27-35)51(12,13)14)33(2)37(32)22-34-24-39(48(3,4)5)45(55)40(25-34)49(6,7)8/h24-30,38,55-57H,22-23,31H2,1-21H3. The van der Waals surface area contributed by atoms with E-state index in [1.807, 2.05) is 0 Å². The van der Waals surface area contributed by atoms with Crippen molar-refractivity contribution in [3.05, 3.63) is 109 Å². The van der Waals surface area contributed by atoms with Crippen molar-refractivity contribution in [2.75, 3.05) is 0 Å². The third kappa shape index (κ3) is 9.88. The summed E-state index contributed by atoms with van der Waals surface area (Å²) in [7, 11) is 0. The molecule has 2 atom stereocenters. The number of rotatable bonds is 6. The van der Waals surface area contributed by atoms with E-state index in [0.717, 1.165) is 52.6 Å². The molecular weight excluding hydrogens is 697 g/mol. The zero-order valence-corrected chi connectivity index (χ0v) is 40.1. The van der Waals surface area contributed by atoms with Crippen LogP contribution in [0.3, 0.4) is 0 Å². The highest BCUT2D eigenvalue weighted by Gasteiger charge is 2.40. The Balaban J connectivity index is 2.02. The van der Waals surface area contributed by atoms with Gasteiger partial charge in [0.15, 0.2) is 0 Å². The summed E-state index contributed by atoms with van der Waals surface area (Å²) in [5.74, 6) is 1.41. The van der Waals surface area contributed by atoms with Crippen LogP contribution < -0.4 is 0 Å². The Bertz CT molecular complexity index is 1950. The summed E-state index contributed by atoms with van der Waals surface area (Å²) >= 11 is 0. The maximum absolute atomic E-state index is 11.7. The lowest BCUT2D eigenvalue weighted by Crippen LogP contribution is -2.35. The monoisotopic (exact) mass is 777 g/mol. The van der Waals surface area contributed by atoms with Crippen LogP contribution in [0, 0.1) is 11.3 Å². The van der Waals surface area contributed by atoms with Crippen molar-refractivity contribution < 1.29 is 15.3 Å². The molecule has 4 rings (SSSR count). The first kappa shape index (κ1) is 46.2. The highest BCUT2D eigenvalue weighted by Crippen LogP contribution is 2.50. The number of allylic oxidation sites excluding steroid dienone is 4. The average Bonchev–Trinajstić information content (AvgIpc) is 3.00. The van der Waals surface area contributed by atoms with Crippen molar-refractivity contribution >= 4 is 0 Å². The van der Waals surface area contributed by atoms with E-state index in [2.05, 4.69) is 188 Å². The summed E-state index contributed by atoms with van der Waals surface area (Å²) in [6, 6.07) is 13.5. The summed E-state index contributed by atoms with van der Waals surface area (Å²) in [5, 5.41) is 35.0. The predicted molar refractivity (Wildman–Crippen MR) is 246 cm³/mol. The molecule has 0 saturated heterocycles. The second-order valence-corrected chi connectivity index (χ2v) is 24.2. The molecular formula is C54H80O3. The molecule has 1 aliphatic rings. The Hall–Kier alpha value is -3.46. The Morgan fingerprint density at radius 3 is 1.04 bits per heavy atom. The Morgan fingerprint density at radius 2 is 0.737 bits per heavy atom. The topological polar surface area (TPSA) is 60.7 Å². The van der Waals surface area contributed by atoms with Gasteiger partial charge >= 0.3 is 0 Å². The Morgan fingerprint density at radius 1 is 0.456 bits per heavy atom. The zero-order chi connectivity index (χ0) is 43.8. The first-order valence-electron chi connectivity index (χ1n) is 21.5. The van der Waals surface area contributed by atoms with Gasteiger partial charge in [-0.1, -0.05) is 185 Å². The maximum Gasteiger partial charge on any atom is 0.123 e. The summed E-state index contributed by atoms with van der Waals surface area (Å²) in [6.45, 7) is 46.5. The van der Waals surface area contributed by atoms with Crippen molar-refractivity contribution in [3.8, 4) is 17.2 Å². The molecule has 0 amide bonds. The summed E-state index contributed by atoms with van der Waals surface area (Å²) in [6.07, 6.45) is 4.98. The molecule has 0 spiro atoms. The SMILES string of the molecule is CC1=CC(C)(Cc2cc(C(C)(C)C)c(O)c(C(C)(C)C)c2)C(Cc2cc(C(C)(C)C)c(O)c(C(C)(C)C)c2)C(C)=C1Cc1cc(C(C)(C)C)c(O)c(C(C)(C)C)c1. The molecule has 3 aromatic rings. The van der Waals surface area contributed by atoms with Gasteiger partial charge in [-0.25, -0.2) is 0 Å². The normalized spacial score (nSPS) is 19.0. The summed E-state index contributed by atoms with van der Waals surface area (Å²) < 4.78 is 0. The van der Waals surface area contributed by atoms with E-state index < -0.39 is 0 Å². The van der Waals surface area contributed by atoms with E-state index >= 15 is 0 Å². The molecule has 2 unspecified atom stereocenters. The van der Waals surface area contributed by atoms with Crippen LogP contribution in [0.25, 0.3) is 0 Å². The zero-order valence-electron chi connectivity index (χ0n) is 40.1. The van der Waals surface area contributed by atoms with Gasteiger partial charge in [-0.15, -0.1) is 0 Å². The lowest BCUT2D eigenvalue weighted by atomic mass is 9.61. The molecule has 3 nitrogen and oxygen atoms in total. The minimum absolute atomic E-state index is 0.160. The molecule has 57 heavy (non-hydrogen) atoms. The molecule has 0 heterocycles. The number of phenolic OH excluding ortho intramolecular Hbond substituents is 3. The first-order valence-corrected chi connectivity index (χ1v) is 21.5. The quantitative estimate of drug-likeness (QED) is 0.234. The van der Waals surface area contributed by atoms with Crippen LogP contribution in [0.5, 0.6) is 17.2 Å². The predicted octanol–water partition coefficient (Wildman–Crippen LogP) is 14.5. The molecule has 1 aliphatic carbocycles. The highest BCUT2D eigenvalue weighted by atomic mass is 16.3. The minimum atomic E-state index is -0.247. The van der Waals surface area contributed by atoms with Gasteiger partial charge in [0, 0.05) is 0 Å². The molecule has 0 aliphatic heterocycles. The smallest absolute Gasteiger partial charge is 0.123 e. The molecule has 0 bridgehead atoms. The van der Waals surface area contributed by atoms with E-state index in [0.29, 0.717) is 17.2 Å². The van der Waals surface area contributed by atoms with Crippen LogP contribution in [0.1, 0.15) is 195 Å². The Labute approximate surface area is 349 Å². The Kier molecular flexibility index (Phi) is 12.1. The highest BCUT2D eigenvalue weighted by molar-refractivity contribution is 5.55. The van der Waals surface area contributed by atoms with Gasteiger partial charge in [0.2, 0.25) is 0 Å². The number of aromatic hydroxyl groups is 3. The van der Waals surface area contributed by atoms with Crippen LogP contribution in [-0.2, 0) is 51.8 Å². The summed E-state index contributed by atoms with van der Waals surface area (Å²) in [5.41, 5.74) is 12.2. The van der Waals surface area contributed by atoms with Gasteiger partial charge in [0.1, 0.15) is 17.2 Å². The largest absolute Gasteiger partial charge is 0.507 e. The van der Waals surface area contributed by atoms with Crippen molar-refractivity contribution in [2.45, 2.75) is 197 Å². The number of phenols is 3. The summed E-state index contributed by atoms with van der Waals surface area (Å²) in [4.78, 5) is 0. The second kappa shape index (κ2) is 15.0. The van der Waals surface area contributed by atoms with Gasteiger partial charge in [-0.2, -0.15) is 0 Å². The second-order valence-electron chi connectivity index (χ2n) is 24.2. The number of benzene rings is 3. The molecule has 0 fully saturated rings. The fraction of sp³-hybridized carbons (Fsp3) is 0.593. The number of hydrogen-bond donors (Lipinski definition) is 3. The van der Waals surface area contributed by atoms with Crippen molar-refractivity contribution in [3.63, 3.8) is 0 Å². The van der Waals surface area contributed by atoms with Crippen LogP contribution in [0.15, 0.2) is 59.2 Å². The van der Waals surface area contributed by atoms with Crippen LogP contribution in [0.2, 0.25) is 0 Å². The fourth-order valence-electron chi connectivity index (χ4n) is 9.25. The van der Waals surface area contributed by atoms with Gasteiger partial charge in [0.05, 0.1) is 0 Å². The third-order valence-electron chi connectivity index (χ3n) is 12.6. The number of hydrogen-bond acceptors (Lipinski definition) is 3. The molecule has 0 aromatic heterocycles. The van der Waals surface area contributed by atoms with Gasteiger partial charge in [0.25, 0.3) is 0 Å². The lowest BCUT2D eigenvalue weighted by molar-refractivity contribution is 0.279. The van der Waals surface area contributed by atoms with E-state index in [1.165, 1.54) is 33.4 Å². The molecule has 3 N–H and O–H groups in total. The minimum Gasteiger partial charge on any atom is -0.507 e. The van der Waals surface area contributed by atoms with E-state index in [1.54, 1.807) is 0 Å². The average molecular weight is 777 g/mol. The third-order valence-corrected chi connectivity index (χ3v) is 12.6. The van der Waals surface area contributed by atoms with Crippen molar-refractivity contribution in [1.82, 2.24) is 0 Å². The van der Waals surface area contributed by atoms with E-state index in [-0.39, 0.29) is 43.8 Å². The van der Waals surface area contributed by atoms with Gasteiger partial charge in [-0.3, -0.25) is 0 Å². The van der Waals surface area contributed by atoms with Crippen molar-refractivity contribution in [1.29, 1.82) is 0 Å².